The van der Waals surface area contributed by atoms with Crippen LogP contribution in [0.15, 0.2) is 51.9 Å². The molecule has 1 amide bonds. The van der Waals surface area contributed by atoms with Crippen LogP contribution in [0.2, 0.25) is 5.02 Å². The van der Waals surface area contributed by atoms with Crippen LogP contribution < -0.4 is 15.6 Å². The van der Waals surface area contributed by atoms with Crippen molar-refractivity contribution in [3.63, 3.8) is 0 Å². The highest BCUT2D eigenvalue weighted by Gasteiger charge is 2.19. The van der Waals surface area contributed by atoms with Gasteiger partial charge in [-0.1, -0.05) is 11.6 Å². The lowest BCUT2D eigenvalue weighted by molar-refractivity contribution is 0.0854. The minimum Gasteiger partial charge on any atom is -0.494 e. The summed E-state index contributed by atoms with van der Waals surface area (Å²) in [5, 5.41) is 4.04. The number of hydrogen-bond acceptors (Lipinski definition) is 5. The lowest BCUT2D eigenvalue weighted by Gasteiger charge is -2.11. The molecule has 0 aliphatic carbocycles. The number of carbonyl (C=O) groups is 1. The molecule has 8 heteroatoms. The van der Waals surface area contributed by atoms with Crippen LogP contribution >= 0.6 is 11.6 Å². The molecule has 0 bridgehead atoms. The molecular weight excluding hydrogens is 411 g/mol. The van der Waals surface area contributed by atoms with E-state index in [0.717, 1.165) is 12.8 Å². The van der Waals surface area contributed by atoms with Gasteiger partial charge < -0.3 is 19.2 Å². The Kier molecular flexibility index (Phi) is 6.01. The number of nitrogens with zero attached hydrogens (tertiary/aromatic N) is 1. The number of fused-ring (bicyclic) bond motifs is 1. The van der Waals surface area contributed by atoms with Crippen LogP contribution in [0.1, 0.15) is 23.2 Å². The molecular formula is C22H20ClFN2O4. The molecule has 1 aliphatic heterocycles. The predicted molar refractivity (Wildman–Crippen MR) is 111 cm³/mol. The molecule has 6 nitrogen and oxygen atoms in total. The number of ether oxygens (including phenoxy) is 2. The van der Waals surface area contributed by atoms with E-state index in [-0.39, 0.29) is 28.9 Å². The second-order valence-corrected chi connectivity index (χ2v) is 7.36. The van der Waals surface area contributed by atoms with Gasteiger partial charge in [-0.15, -0.1) is 0 Å². The highest BCUT2D eigenvalue weighted by Crippen LogP contribution is 2.23. The minimum absolute atomic E-state index is 0.00291. The van der Waals surface area contributed by atoms with Gasteiger partial charge in [0.05, 0.1) is 18.9 Å². The Bertz CT molecular complexity index is 1160. The zero-order chi connectivity index (χ0) is 21.1. The quantitative estimate of drug-likeness (QED) is 0.652. The first kappa shape index (κ1) is 20.4. The fraction of sp³-hybridized carbons (Fsp3) is 0.273. The molecule has 1 N–H and O–H groups in total. The van der Waals surface area contributed by atoms with Crippen molar-refractivity contribution in [3.8, 4) is 5.75 Å². The summed E-state index contributed by atoms with van der Waals surface area (Å²) in [5.41, 5.74) is 1.08. The smallest absolute Gasteiger partial charge is 0.256 e. The highest BCUT2D eigenvalue weighted by molar-refractivity contribution is 6.31. The maximum atomic E-state index is 14.1. The Morgan fingerprint density at radius 1 is 1.30 bits per heavy atom. The first-order valence-corrected chi connectivity index (χ1v) is 9.93. The Balaban J connectivity index is 1.75. The number of benzene rings is 2. The molecule has 30 heavy (non-hydrogen) atoms. The van der Waals surface area contributed by atoms with Gasteiger partial charge in [0.25, 0.3) is 5.91 Å². The number of hydrogen-bond donors (Lipinski definition) is 1. The summed E-state index contributed by atoms with van der Waals surface area (Å²) in [7, 11) is 1.38. The summed E-state index contributed by atoms with van der Waals surface area (Å²) in [6, 6.07) is 11.0. The van der Waals surface area contributed by atoms with Gasteiger partial charge in [-0.05, 0) is 49.2 Å². The largest absolute Gasteiger partial charge is 0.494 e. The second-order valence-electron chi connectivity index (χ2n) is 6.92. The third-order valence-corrected chi connectivity index (χ3v) is 5.07. The first-order chi connectivity index (χ1) is 14.5. The van der Waals surface area contributed by atoms with Crippen LogP contribution in [-0.4, -0.2) is 32.3 Å². The monoisotopic (exact) mass is 430 g/mol. The number of rotatable bonds is 5. The number of amides is 1. The average Bonchev–Trinajstić information content (AvgIpc) is 3.25. The summed E-state index contributed by atoms with van der Waals surface area (Å²) in [6.07, 6.45) is 1.88. The van der Waals surface area contributed by atoms with Crippen molar-refractivity contribution >= 4 is 34.2 Å². The maximum Gasteiger partial charge on any atom is 0.256 e. The van der Waals surface area contributed by atoms with E-state index < -0.39 is 5.82 Å². The van der Waals surface area contributed by atoms with Crippen LogP contribution in [0.25, 0.3) is 11.0 Å². The van der Waals surface area contributed by atoms with E-state index in [1.165, 1.54) is 19.2 Å². The molecule has 1 fully saturated rings. The zero-order valence-electron chi connectivity index (χ0n) is 16.3. The molecule has 3 aromatic rings. The van der Waals surface area contributed by atoms with Crippen LogP contribution in [0.5, 0.6) is 5.75 Å². The van der Waals surface area contributed by atoms with E-state index in [0.29, 0.717) is 34.8 Å². The molecule has 0 radical (unpaired) electrons. The van der Waals surface area contributed by atoms with E-state index in [1.807, 2.05) is 0 Å². The standard InChI is InChI=1S/C22H20ClFN2O4/c1-28-20-7-5-15(11-18(20)24)26-22-17(21(27)25-12-16-3-2-8-29-16)10-13-9-14(23)4-6-19(13)30-22/h4-7,9-11,16H,2-3,8,12H2,1H3,(H,25,27)/t16-/m1/s1. The summed E-state index contributed by atoms with van der Waals surface area (Å²) in [6.45, 7) is 1.09. The van der Waals surface area contributed by atoms with E-state index in [2.05, 4.69) is 10.3 Å². The topological polar surface area (TPSA) is 73.1 Å². The molecule has 0 spiro atoms. The Morgan fingerprint density at radius 2 is 2.17 bits per heavy atom. The van der Waals surface area contributed by atoms with Crippen molar-refractivity contribution in [3.05, 3.63) is 64.4 Å². The third-order valence-electron chi connectivity index (χ3n) is 4.83. The lowest BCUT2D eigenvalue weighted by Crippen LogP contribution is -2.34. The number of halogens is 2. The first-order valence-electron chi connectivity index (χ1n) is 9.55. The van der Waals surface area contributed by atoms with Crippen molar-refractivity contribution in [2.75, 3.05) is 20.3 Å². The Hall–Kier alpha value is -2.90. The van der Waals surface area contributed by atoms with Gasteiger partial charge in [0.1, 0.15) is 11.1 Å². The summed E-state index contributed by atoms with van der Waals surface area (Å²) >= 11 is 6.08. The number of carbonyl (C=O) groups excluding carboxylic acids is 1. The van der Waals surface area contributed by atoms with Crippen molar-refractivity contribution in [2.45, 2.75) is 18.9 Å². The highest BCUT2D eigenvalue weighted by atomic mass is 35.5. The molecule has 1 atom stereocenters. The van der Waals surface area contributed by atoms with E-state index in [4.69, 9.17) is 25.5 Å². The molecule has 4 rings (SSSR count). The zero-order valence-corrected chi connectivity index (χ0v) is 17.0. The van der Waals surface area contributed by atoms with Gasteiger partial charge in [0.2, 0.25) is 5.55 Å². The van der Waals surface area contributed by atoms with Gasteiger partial charge in [0, 0.05) is 29.6 Å². The molecule has 2 aromatic carbocycles. The minimum atomic E-state index is -0.560. The average molecular weight is 431 g/mol. The number of nitrogens with one attached hydrogen (secondary N) is 1. The summed E-state index contributed by atoms with van der Waals surface area (Å²) < 4.78 is 30.4. The van der Waals surface area contributed by atoms with Gasteiger partial charge in [0.15, 0.2) is 11.6 Å². The molecule has 2 heterocycles. The SMILES string of the molecule is COc1ccc(N=c2oc3ccc(Cl)cc3cc2C(=O)NC[C@H]2CCCO2)cc1F. The van der Waals surface area contributed by atoms with Crippen LogP contribution in [0, 0.1) is 5.82 Å². The normalized spacial score (nSPS) is 16.8. The van der Waals surface area contributed by atoms with E-state index >= 15 is 0 Å². The molecule has 1 saturated heterocycles. The fourth-order valence-corrected chi connectivity index (χ4v) is 3.48. The van der Waals surface area contributed by atoms with Crippen LogP contribution in [0.4, 0.5) is 10.1 Å². The molecule has 1 aliphatic rings. The number of methoxy groups -OCH3 is 1. The second kappa shape index (κ2) is 8.85. The maximum absolute atomic E-state index is 14.1. The van der Waals surface area contributed by atoms with Crippen LogP contribution in [-0.2, 0) is 4.74 Å². The van der Waals surface area contributed by atoms with E-state index in [9.17, 15) is 9.18 Å². The van der Waals surface area contributed by atoms with Crippen molar-refractivity contribution in [2.24, 2.45) is 4.99 Å². The Labute approximate surface area is 177 Å². The van der Waals surface area contributed by atoms with Gasteiger partial charge in [-0.2, -0.15) is 0 Å². The van der Waals surface area contributed by atoms with E-state index in [1.54, 1.807) is 30.3 Å². The summed E-state index contributed by atoms with van der Waals surface area (Å²) in [4.78, 5) is 17.3. The van der Waals surface area contributed by atoms with Crippen molar-refractivity contribution < 1.29 is 23.1 Å². The third kappa shape index (κ3) is 4.47. The predicted octanol–water partition coefficient (Wildman–Crippen LogP) is 4.38. The van der Waals surface area contributed by atoms with Crippen molar-refractivity contribution in [1.82, 2.24) is 5.32 Å². The van der Waals surface area contributed by atoms with Crippen molar-refractivity contribution in [1.29, 1.82) is 0 Å². The summed E-state index contributed by atoms with van der Waals surface area (Å²) in [5.74, 6) is -0.812. The van der Waals surface area contributed by atoms with Gasteiger partial charge >= 0.3 is 0 Å². The lowest BCUT2D eigenvalue weighted by atomic mass is 10.1. The van der Waals surface area contributed by atoms with Gasteiger partial charge in [-0.25, -0.2) is 9.38 Å². The van der Waals surface area contributed by atoms with Crippen LogP contribution in [0.3, 0.4) is 0 Å². The molecule has 156 valence electrons. The Morgan fingerprint density at radius 3 is 2.90 bits per heavy atom. The molecule has 0 unspecified atom stereocenters. The molecule has 0 saturated carbocycles. The fourth-order valence-electron chi connectivity index (χ4n) is 3.30. The van der Waals surface area contributed by atoms with Gasteiger partial charge in [-0.3, -0.25) is 4.79 Å². The molecule has 1 aromatic heterocycles.